The number of phenols is 1. The Bertz CT molecular complexity index is 541. The third-order valence-electron chi connectivity index (χ3n) is 2.41. The van der Waals surface area contributed by atoms with E-state index in [1.54, 1.807) is 30.5 Å². The van der Waals surface area contributed by atoms with Crippen molar-refractivity contribution in [2.45, 2.75) is 0 Å². The average molecular weight is 223 g/mol. The van der Waals surface area contributed by atoms with Gasteiger partial charge in [0.1, 0.15) is 11.4 Å². The van der Waals surface area contributed by atoms with E-state index in [1.807, 2.05) is 30.3 Å². The highest BCUT2D eigenvalue weighted by molar-refractivity contribution is 5.83. The Balaban J connectivity index is 2.20. The minimum atomic E-state index is 0.187. The van der Waals surface area contributed by atoms with Crippen LogP contribution in [0, 0.1) is 0 Å². The molecule has 17 heavy (non-hydrogen) atoms. The zero-order chi connectivity index (χ0) is 12.1. The van der Waals surface area contributed by atoms with Crippen molar-refractivity contribution in [3.05, 3.63) is 66.2 Å². The van der Waals surface area contributed by atoms with Crippen molar-refractivity contribution in [1.29, 1.82) is 0 Å². The van der Waals surface area contributed by atoms with Gasteiger partial charge in [-0.1, -0.05) is 49.1 Å². The molecule has 0 bridgehead atoms. The molecule has 84 valence electrons. The molecule has 0 aromatic heterocycles. The van der Waals surface area contributed by atoms with Crippen molar-refractivity contribution < 1.29 is 5.11 Å². The summed E-state index contributed by atoms with van der Waals surface area (Å²) in [5.74, 6) is 0.187. The summed E-state index contributed by atoms with van der Waals surface area (Å²) in [4.78, 5) is 4.23. The molecule has 0 unspecified atom stereocenters. The first-order valence-electron chi connectivity index (χ1n) is 5.34. The lowest BCUT2D eigenvalue weighted by molar-refractivity contribution is 0.477. The topological polar surface area (TPSA) is 32.6 Å². The molecule has 0 aliphatic rings. The summed E-state index contributed by atoms with van der Waals surface area (Å²) in [6.45, 7) is 3.70. The molecule has 0 atom stereocenters. The number of benzene rings is 2. The molecule has 1 N–H and O–H groups in total. The van der Waals surface area contributed by atoms with Gasteiger partial charge in [0, 0.05) is 6.21 Å². The largest absolute Gasteiger partial charge is 0.506 e. The van der Waals surface area contributed by atoms with Gasteiger partial charge >= 0.3 is 0 Å². The highest BCUT2D eigenvalue weighted by atomic mass is 16.3. The van der Waals surface area contributed by atoms with E-state index >= 15 is 0 Å². The van der Waals surface area contributed by atoms with Crippen LogP contribution in [0.25, 0.3) is 6.08 Å². The van der Waals surface area contributed by atoms with Crippen LogP contribution < -0.4 is 0 Å². The van der Waals surface area contributed by atoms with Crippen LogP contribution in [0.15, 0.2) is 60.1 Å². The fourth-order valence-corrected chi connectivity index (χ4v) is 1.44. The molecular weight excluding hydrogens is 210 g/mol. The van der Waals surface area contributed by atoms with Gasteiger partial charge in [0.15, 0.2) is 0 Å². The van der Waals surface area contributed by atoms with Crippen LogP contribution in [0.1, 0.15) is 11.1 Å². The van der Waals surface area contributed by atoms with Gasteiger partial charge in [-0.3, -0.25) is 4.99 Å². The van der Waals surface area contributed by atoms with E-state index in [1.165, 1.54) is 0 Å². The van der Waals surface area contributed by atoms with Gasteiger partial charge in [-0.2, -0.15) is 0 Å². The zero-order valence-electron chi connectivity index (χ0n) is 9.38. The van der Waals surface area contributed by atoms with E-state index in [-0.39, 0.29) is 5.75 Å². The highest BCUT2D eigenvalue weighted by Gasteiger charge is 1.95. The average Bonchev–Trinajstić information content (AvgIpc) is 2.38. The quantitative estimate of drug-likeness (QED) is 0.789. The molecular formula is C15H13NO. The van der Waals surface area contributed by atoms with Crippen molar-refractivity contribution in [1.82, 2.24) is 0 Å². The lowest BCUT2D eigenvalue weighted by Gasteiger charge is -1.98. The second-order valence-corrected chi connectivity index (χ2v) is 3.62. The van der Waals surface area contributed by atoms with Crippen molar-refractivity contribution in [2.75, 3.05) is 0 Å². The minimum Gasteiger partial charge on any atom is -0.506 e. The van der Waals surface area contributed by atoms with E-state index in [2.05, 4.69) is 11.6 Å². The molecule has 0 spiro atoms. The van der Waals surface area contributed by atoms with Gasteiger partial charge in [0.25, 0.3) is 0 Å². The van der Waals surface area contributed by atoms with Crippen LogP contribution in [-0.4, -0.2) is 11.3 Å². The second kappa shape index (κ2) is 5.12. The molecule has 2 rings (SSSR count). The first kappa shape index (κ1) is 11.1. The number of hydrogen-bond acceptors (Lipinski definition) is 2. The Morgan fingerprint density at radius 2 is 1.59 bits per heavy atom. The third-order valence-corrected chi connectivity index (χ3v) is 2.41. The first-order chi connectivity index (χ1) is 8.29. The van der Waals surface area contributed by atoms with Crippen molar-refractivity contribution in [2.24, 2.45) is 4.99 Å². The molecule has 0 heterocycles. The van der Waals surface area contributed by atoms with Crippen LogP contribution in [0.4, 0.5) is 5.69 Å². The summed E-state index contributed by atoms with van der Waals surface area (Å²) in [5.41, 5.74) is 2.63. The predicted octanol–water partition coefficient (Wildman–Crippen LogP) is 3.79. The SMILES string of the molecule is C=Cc1ccc(/C=N/c2ccccc2O)cc1. The maximum absolute atomic E-state index is 9.54. The van der Waals surface area contributed by atoms with E-state index < -0.39 is 0 Å². The van der Waals surface area contributed by atoms with Gasteiger partial charge in [0.05, 0.1) is 0 Å². The summed E-state index contributed by atoms with van der Waals surface area (Å²) in [6, 6.07) is 14.9. The number of nitrogens with zero attached hydrogens (tertiary/aromatic N) is 1. The predicted molar refractivity (Wildman–Crippen MR) is 71.9 cm³/mol. The molecule has 2 nitrogen and oxygen atoms in total. The Morgan fingerprint density at radius 1 is 0.941 bits per heavy atom. The minimum absolute atomic E-state index is 0.187. The van der Waals surface area contributed by atoms with E-state index in [4.69, 9.17) is 0 Å². The standard InChI is InChI=1S/C15H13NO/c1-2-12-7-9-13(10-8-12)11-16-14-5-3-4-6-15(14)17/h2-11,17H,1H2/b16-11+. The molecule has 0 fully saturated rings. The van der Waals surface area contributed by atoms with Gasteiger partial charge in [-0.25, -0.2) is 0 Å². The number of aromatic hydroxyl groups is 1. The summed E-state index contributed by atoms with van der Waals surface area (Å²) in [6.07, 6.45) is 3.52. The fourth-order valence-electron chi connectivity index (χ4n) is 1.44. The summed E-state index contributed by atoms with van der Waals surface area (Å²) in [7, 11) is 0. The highest BCUT2D eigenvalue weighted by Crippen LogP contribution is 2.24. The van der Waals surface area contributed by atoms with Crippen molar-refractivity contribution in [3.8, 4) is 5.75 Å². The van der Waals surface area contributed by atoms with Crippen molar-refractivity contribution >= 4 is 18.0 Å². The lowest BCUT2D eigenvalue weighted by atomic mass is 10.1. The molecule has 0 amide bonds. The van der Waals surface area contributed by atoms with E-state index in [0.29, 0.717) is 5.69 Å². The van der Waals surface area contributed by atoms with Crippen LogP contribution in [0.2, 0.25) is 0 Å². The van der Waals surface area contributed by atoms with Gasteiger partial charge in [-0.05, 0) is 23.3 Å². The molecule has 2 aromatic carbocycles. The van der Waals surface area contributed by atoms with Crippen LogP contribution in [0.5, 0.6) is 5.75 Å². The lowest BCUT2D eigenvalue weighted by Crippen LogP contribution is -1.80. The molecule has 0 saturated carbocycles. The summed E-state index contributed by atoms with van der Waals surface area (Å²) >= 11 is 0. The van der Waals surface area contributed by atoms with E-state index in [9.17, 15) is 5.11 Å². The second-order valence-electron chi connectivity index (χ2n) is 3.62. The maximum atomic E-state index is 9.54. The first-order valence-corrected chi connectivity index (χ1v) is 5.34. The Hall–Kier alpha value is -2.35. The molecule has 0 aliphatic carbocycles. The molecule has 2 aromatic rings. The number of phenolic OH excluding ortho intramolecular Hbond substituents is 1. The summed E-state index contributed by atoms with van der Waals surface area (Å²) in [5, 5.41) is 9.54. The maximum Gasteiger partial charge on any atom is 0.141 e. The van der Waals surface area contributed by atoms with E-state index in [0.717, 1.165) is 11.1 Å². The smallest absolute Gasteiger partial charge is 0.141 e. The fraction of sp³-hybridized carbons (Fsp3) is 0. The number of hydrogen-bond donors (Lipinski definition) is 1. The van der Waals surface area contributed by atoms with Crippen LogP contribution in [-0.2, 0) is 0 Å². The Morgan fingerprint density at radius 3 is 2.24 bits per heavy atom. The molecule has 0 aliphatic heterocycles. The normalized spacial score (nSPS) is 10.6. The Kier molecular flexibility index (Phi) is 3.36. The summed E-state index contributed by atoms with van der Waals surface area (Å²) < 4.78 is 0. The van der Waals surface area contributed by atoms with Gasteiger partial charge in [0.2, 0.25) is 0 Å². The molecule has 2 heteroatoms. The van der Waals surface area contributed by atoms with Gasteiger partial charge < -0.3 is 5.11 Å². The zero-order valence-corrected chi connectivity index (χ0v) is 9.38. The monoisotopic (exact) mass is 223 g/mol. The number of para-hydroxylation sites is 2. The molecule has 0 radical (unpaired) electrons. The van der Waals surface area contributed by atoms with Crippen molar-refractivity contribution in [3.63, 3.8) is 0 Å². The van der Waals surface area contributed by atoms with Crippen LogP contribution >= 0.6 is 0 Å². The van der Waals surface area contributed by atoms with Crippen LogP contribution in [0.3, 0.4) is 0 Å². The van der Waals surface area contributed by atoms with Gasteiger partial charge in [-0.15, -0.1) is 0 Å². The number of aliphatic imine (C=N–C) groups is 1. The third kappa shape index (κ3) is 2.82. The number of rotatable bonds is 3. The molecule has 0 saturated heterocycles. The Labute approximate surface area is 101 Å².